The molecule has 7 heteroatoms. The third kappa shape index (κ3) is 7.14. The van der Waals surface area contributed by atoms with Crippen LogP contribution < -0.4 is 11.1 Å². The van der Waals surface area contributed by atoms with Gasteiger partial charge in [-0.05, 0) is 56.9 Å². The number of carbonyl (C=O) groups is 1. The number of guanidine groups is 1. The standard InChI is InChI=1S/C20H32BrN5O/c1-23-20(25(2)15-17-7-3-4-8-18(17)21)24-11-5-6-12-26-13-9-16(10-14-26)19(22)27/h3-4,7-8,16H,5-6,9-15H2,1-2H3,(H2,22,27)(H,23,24). The van der Waals surface area contributed by atoms with Crippen molar-refractivity contribution in [3.8, 4) is 0 Å². The number of halogens is 1. The Morgan fingerprint density at radius 1 is 1.33 bits per heavy atom. The van der Waals surface area contributed by atoms with Crippen LogP contribution in [0.5, 0.6) is 0 Å². The van der Waals surface area contributed by atoms with Crippen molar-refractivity contribution in [2.75, 3.05) is 40.3 Å². The van der Waals surface area contributed by atoms with Crippen LogP contribution in [0.4, 0.5) is 0 Å². The number of nitrogens with one attached hydrogen (secondary N) is 1. The van der Waals surface area contributed by atoms with E-state index in [1.807, 2.05) is 13.1 Å². The average Bonchev–Trinajstić information content (AvgIpc) is 2.66. The molecule has 1 heterocycles. The largest absolute Gasteiger partial charge is 0.369 e. The molecule has 1 fully saturated rings. The zero-order valence-electron chi connectivity index (χ0n) is 16.5. The van der Waals surface area contributed by atoms with Gasteiger partial charge in [0.2, 0.25) is 5.91 Å². The van der Waals surface area contributed by atoms with Gasteiger partial charge in [-0.3, -0.25) is 9.79 Å². The van der Waals surface area contributed by atoms with Crippen molar-refractivity contribution in [1.82, 2.24) is 15.1 Å². The molecule has 1 amide bonds. The summed E-state index contributed by atoms with van der Waals surface area (Å²) in [6, 6.07) is 8.26. The molecule has 0 unspecified atom stereocenters. The molecule has 27 heavy (non-hydrogen) atoms. The molecular formula is C20H32BrN5O. The molecule has 0 spiro atoms. The first-order chi connectivity index (χ1) is 13.0. The van der Waals surface area contributed by atoms with Crippen LogP contribution in [0.1, 0.15) is 31.2 Å². The Bertz CT molecular complexity index is 629. The van der Waals surface area contributed by atoms with E-state index in [2.05, 4.69) is 61.3 Å². The predicted molar refractivity (Wildman–Crippen MR) is 115 cm³/mol. The van der Waals surface area contributed by atoms with Gasteiger partial charge in [0.15, 0.2) is 5.96 Å². The molecule has 1 aliphatic heterocycles. The molecule has 0 aliphatic carbocycles. The van der Waals surface area contributed by atoms with Crippen LogP contribution >= 0.6 is 15.9 Å². The molecule has 0 saturated carbocycles. The first kappa shape index (κ1) is 21.7. The number of primary amides is 1. The molecule has 2 rings (SSSR count). The van der Waals surface area contributed by atoms with Crippen molar-refractivity contribution >= 4 is 27.8 Å². The van der Waals surface area contributed by atoms with Gasteiger partial charge in [0.05, 0.1) is 0 Å². The molecule has 1 aromatic rings. The van der Waals surface area contributed by atoms with Gasteiger partial charge in [-0.2, -0.15) is 0 Å². The number of rotatable bonds is 8. The summed E-state index contributed by atoms with van der Waals surface area (Å²) in [7, 11) is 3.87. The summed E-state index contributed by atoms with van der Waals surface area (Å²) in [5.74, 6) is 0.844. The van der Waals surface area contributed by atoms with E-state index in [1.54, 1.807) is 0 Å². The average molecular weight is 438 g/mol. The number of likely N-dealkylation sites (tertiary alicyclic amines) is 1. The number of nitrogens with two attached hydrogens (primary N) is 1. The fourth-order valence-electron chi connectivity index (χ4n) is 3.44. The van der Waals surface area contributed by atoms with Gasteiger partial charge in [0, 0.05) is 37.6 Å². The molecule has 0 aromatic heterocycles. The molecule has 0 bridgehead atoms. The number of unbranched alkanes of at least 4 members (excludes halogenated alkanes) is 1. The summed E-state index contributed by atoms with van der Waals surface area (Å²) in [4.78, 5) is 20.2. The van der Waals surface area contributed by atoms with E-state index in [0.29, 0.717) is 0 Å². The molecule has 1 saturated heterocycles. The minimum Gasteiger partial charge on any atom is -0.369 e. The van der Waals surface area contributed by atoms with Gasteiger partial charge >= 0.3 is 0 Å². The van der Waals surface area contributed by atoms with Crippen molar-refractivity contribution in [3.05, 3.63) is 34.3 Å². The Hall–Kier alpha value is -1.60. The highest BCUT2D eigenvalue weighted by Crippen LogP contribution is 2.18. The summed E-state index contributed by atoms with van der Waals surface area (Å²) in [6.07, 6.45) is 4.04. The van der Waals surface area contributed by atoms with Gasteiger partial charge in [-0.25, -0.2) is 0 Å². The van der Waals surface area contributed by atoms with Crippen LogP contribution in [-0.4, -0.2) is 61.9 Å². The maximum atomic E-state index is 11.2. The van der Waals surface area contributed by atoms with Crippen molar-refractivity contribution in [1.29, 1.82) is 0 Å². The van der Waals surface area contributed by atoms with Gasteiger partial charge in [-0.1, -0.05) is 34.1 Å². The number of hydrogen-bond acceptors (Lipinski definition) is 3. The quantitative estimate of drug-likeness (QED) is 0.372. The summed E-state index contributed by atoms with van der Waals surface area (Å²) >= 11 is 3.60. The van der Waals surface area contributed by atoms with Crippen LogP contribution in [0.25, 0.3) is 0 Å². The van der Waals surface area contributed by atoms with E-state index in [1.165, 1.54) is 5.56 Å². The smallest absolute Gasteiger partial charge is 0.220 e. The van der Waals surface area contributed by atoms with Gasteiger partial charge in [0.1, 0.15) is 0 Å². The van der Waals surface area contributed by atoms with E-state index in [0.717, 1.165) is 68.8 Å². The predicted octanol–water partition coefficient (Wildman–Crippen LogP) is 2.43. The number of amides is 1. The fourth-order valence-corrected chi connectivity index (χ4v) is 3.85. The minimum atomic E-state index is -0.142. The Morgan fingerprint density at radius 3 is 2.67 bits per heavy atom. The van der Waals surface area contributed by atoms with Crippen molar-refractivity contribution in [3.63, 3.8) is 0 Å². The zero-order chi connectivity index (χ0) is 19.6. The maximum Gasteiger partial charge on any atom is 0.220 e. The van der Waals surface area contributed by atoms with Gasteiger partial charge in [0.25, 0.3) is 0 Å². The topological polar surface area (TPSA) is 74.0 Å². The molecule has 1 aliphatic rings. The highest BCUT2D eigenvalue weighted by molar-refractivity contribution is 9.10. The third-order valence-corrected chi connectivity index (χ3v) is 5.89. The Kier molecular flexibility index (Phi) is 9.07. The Balaban J connectivity index is 1.64. The van der Waals surface area contributed by atoms with E-state index in [-0.39, 0.29) is 11.8 Å². The van der Waals surface area contributed by atoms with Crippen LogP contribution in [0.3, 0.4) is 0 Å². The zero-order valence-corrected chi connectivity index (χ0v) is 18.0. The second-order valence-electron chi connectivity index (χ2n) is 7.15. The van der Waals surface area contributed by atoms with Crippen LogP contribution in [0.15, 0.2) is 33.7 Å². The molecule has 0 atom stereocenters. The van der Waals surface area contributed by atoms with Crippen LogP contribution in [0, 0.1) is 5.92 Å². The van der Waals surface area contributed by atoms with E-state index in [9.17, 15) is 4.79 Å². The van der Waals surface area contributed by atoms with Gasteiger partial charge in [-0.15, -0.1) is 0 Å². The second kappa shape index (κ2) is 11.3. The lowest BCUT2D eigenvalue weighted by Crippen LogP contribution is -2.40. The van der Waals surface area contributed by atoms with E-state index < -0.39 is 0 Å². The van der Waals surface area contributed by atoms with Gasteiger partial charge < -0.3 is 20.9 Å². The summed E-state index contributed by atoms with van der Waals surface area (Å²) in [5.41, 5.74) is 6.63. The van der Waals surface area contributed by atoms with Crippen molar-refractivity contribution in [2.24, 2.45) is 16.6 Å². The monoisotopic (exact) mass is 437 g/mol. The molecular weight excluding hydrogens is 406 g/mol. The lowest BCUT2D eigenvalue weighted by molar-refractivity contribution is -0.123. The third-order valence-electron chi connectivity index (χ3n) is 5.11. The first-order valence-electron chi connectivity index (χ1n) is 9.68. The molecule has 150 valence electrons. The SMILES string of the molecule is CN=C(NCCCCN1CCC(C(N)=O)CC1)N(C)Cc1ccccc1Br. The highest BCUT2D eigenvalue weighted by Gasteiger charge is 2.22. The Labute approximate surface area is 171 Å². The first-order valence-corrected chi connectivity index (χ1v) is 10.5. The summed E-state index contributed by atoms with van der Waals surface area (Å²) in [5, 5.41) is 3.45. The van der Waals surface area contributed by atoms with Crippen LogP contribution in [-0.2, 0) is 11.3 Å². The van der Waals surface area contributed by atoms with E-state index >= 15 is 0 Å². The van der Waals surface area contributed by atoms with Crippen molar-refractivity contribution in [2.45, 2.75) is 32.2 Å². The minimum absolute atomic E-state index is 0.0754. The summed E-state index contributed by atoms with van der Waals surface area (Å²) < 4.78 is 1.12. The lowest BCUT2D eigenvalue weighted by atomic mass is 9.96. The van der Waals surface area contributed by atoms with E-state index in [4.69, 9.17) is 5.73 Å². The van der Waals surface area contributed by atoms with Crippen LogP contribution in [0.2, 0.25) is 0 Å². The number of piperidine rings is 1. The highest BCUT2D eigenvalue weighted by atomic mass is 79.9. The normalized spacial score (nSPS) is 16.3. The number of aliphatic imine (C=N–C) groups is 1. The Morgan fingerprint density at radius 2 is 2.04 bits per heavy atom. The van der Waals surface area contributed by atoms with Crippen molar-refractivity contribution < 1.29 is 4.79 Å². The molecule has 1 aromatic carbocycles. The molecule has 0 radical (unpaired) electrons. The molecule has 6 nitrogen and oxygen atoms in total. The number of carbonyl (C=O) groups excluding carboxylic acids is 1. The number of benzene rings is 1. The lowest BCUT2D eigenvalue weighted by Gasteiger charge is -2.30. The second-order valence-corrected chi connectivity index (χ2v) is 8.00. The molecule has 3 N–H and O–H groups in total. The number of nitrogens with zero attached hydrogens (tertiary/aromatic N) is 3. The summed E-state index contributed by atoms with van der Waals surface area (Å²) in [6.45, 7) is 4.76. The number of hydrogen-bond donors (Lipinski definition) is 2. The fraction of sp³-hybridized carbons (Fsp3) is 0.600. The maximum absolute atomic E-state index is 11.2.